The summed E-state index contributed by atoms with van der Waals surface area (Å²) in [5.74, 6) is 3.44. The first-order chi connectivity index (χ1) is 20.6. The standard InChI is InChI=1S/C34H27FN3O4/c1-39-30-11-8-22-14-29-25-16-32-31(41-20-42-32)15-23(25)12-13-37(29)18-26(22)34(30)40-19-33-36-27-4-2-3-5-28(27)38(33)17-21-6-9-24(35)10-7-21/h2-11,14-16,18H,12-13,17,19-20H2,1H3/q+1. The monoisotopic (exact) mass is 560 g/mol. The first-order valence-electron chi connectivity index (χ1n) is 13.9. The molecule has 0 radical (unpaired) electrons. The molecular formula is C34H27FN3O4+. The van der Waals surface area contributed by atoms with Crippen LogP contribution in [-0.4, -0.2) is 23.5 Å². The summed E-state index contributed by atoms with van der Waals surface area (Å²) in [6.07, 6.45) is 3.04. The van der Waals surface area contributed by atoms with E-state index in [0.29, 0.717) is 18.0 Å². The van der Waals surface area contributed by atoms with Gasteiger partial charge in [-0.15, -0.1) is 0 Å². The Kier molecular flexibility index (Phi) is 5.73. The first-order valence-corrected chi connectivity index (χ1v) is 13.9. The molecular weight excluding hydrogens is 533 g/mol. The molecule has 0 unspecified atom stereocenters. The van der Waals surface area contributed by atoms with E-state index in [1.54, 1.807) is 19.2 Å². The van der Waals surface area contributed by atoms with Gasteiger partial charge in [-0.1, -0.05) is 24.3 Å². The van der Waals surface area contributed by atoms with Crippen molar-refractivity contribution in [2.24, 2.45) is 0 Å². The Morgan fingerprint density at radius 1 is 0.976 bits per heavy atom. The second kappa shape index (κ2) is 9.76. The highest BCUT2D eigenvalue weighted by atomic mass is 19.1. The third kappa shape index (κ3) is 4.10. The molecule has 8 rings (SSSR count). The van der Waals surface area contributed by atoms with E-state index in [-0.39, 0.29) is 19.2 Å². The van der Waals surface area contributed by atoms with Gasteiger partial charge in [-0.25, -0.2) is 9.37 Å². The summed E-state index contributed by atoms with van der Waals surface area (Å²) in [4.78, 5) is 4.90. The maximum absolute atomic E-state index is 13.6. The highest BCUT2D eigenvalue weighted by Gasteiger charge is 2.29. The molecule has 42 heavy (non-hydrogen) atoms. The van der Waals surface area contributed by atoms with E-state index in [1.807, 2.05) is 30.3 Å². The van der Waals surface area contributed by atoms with Gasteiger partial charge in [-0.05, 0) is 65.0 Å². The summed E-state index contributed by atoms with van der Waals surface area (Å²) in [5, 5.41) is 2.01. The average Bonchev–Trinajstić information content (AvgIpc) is 3.62. The summed E-state index contributed by atoms with van der Waals surface area (Å²) in [7, 11) is 1.66. The second-order valence-electron chi connectivity index (χ2n) is 10.6. The van der Waals surface area contributed by atoms with E-state index in [4.69, 9.17) is 23.9 Å². The number of hydrogen-bond acceptors (Lipinski definition) is 5. The third-order valence-electron chi connectivity index (χ3n) is 8.13. The lowest BCUT2D eigenvalue weighted by Gasteiger charge is -2.18. The van der Waals surface area contributed by atoms with E-state index in [9.17, 15) is 4.39 Å². The molecule has 0 fully saturated rings. The zero-order valence-corrected chi connectivity index (χ0v) is 23.0. The number of para-hydroxylation sites is 2. The van der Waals surface area contributed by atoms with Crippen LogP contribution in [-0.2, 0) is 26.1 Å². The summed E-state index contributed by atoms with van der Waals surface area (Å²) in [6, 6.07) is 25.0. The topological polar surface area (TPSA) is 58.6 Å². The summed E-state index contributed by atoms with van der Waals surface area (Å²) < 4.78 is 41.6. The van der Waals surface area contributed by atoms with Crippen molar-refractivity contribution in [3.63, 3.8) is 0 Å². The van der Waals surface area contributed by atoms with Crippen LogP contribution in [0.5, 0.6) is 23.0 Å². The molecule has 2 aromatic heterocycles. The first kappa shape index (κ1) is 24.7. The number of halogens is 1. The fourth-order valence-electron chi connectivity index (χ4n) is 6.03. The number of hydrogen-bond donors (Lipinski definition) is 0. The SMILES string of the molecule is COc1ccc2cc3[n+](cc2c1OCc1nc2ccccc2n1Cc1ccc(F)cc1)CCc1cc2c(cc1-3)OCO2. The largest absolute Gasteiger partial charge is 0.493 e. The quantitative estimate of drug-likeness (QED) is 0.227. The lowest BCUT2D eigenvalue weighted by Crippen LogP contribution is -2.40. The molecule has 0 N–H and O–H groups in total. The van der Waals surface area contributed by atoms with E-state index in [1.165, 1.54) is 17.7 Å². The molecule has 0 saturated heterocycles. The molecule has 6 aromatic rings. The fourth-order valence-corrected chi connectivity index (χ4v) is 6.03. The van der Waals surface area contributed by atoms with Gasteiger partial charge in [0.25, 0.3) is 0 Å². The van der Waals surface area contributed by atoms with Crippen molar-refractivity contribution in [2.45, 2.75) is 26.1 Å². The summed E-state index contributed by atoms with van der Waals surface area (Å²) >= 11 is 0. The zero-order valence-electron chi connectivity index (χ0n) is 23.0. The molecule has 4 aromatic carbocycles. The molecule has 0 saturated carbocycles. The van der Waals surface area contributed by atoms with Crippen molar-refractivity contribution >= 4 is 21.8 Å². The number of aryl methyl sites for hydroxylation is 2. The molecule has 7 nitrogen and oxygen atoms in total. The van der Waals surface area contributed by atoms with Gasteiger partial charge in [0.05, 0.1) is 29.1 Å². The Labute approximate surface area is 241 Å². The van der Waals surface area contributed by atoms with Crippen molar-refractivity contribution in [1.82, 2.24) is 9.55 Å². The molecule has 0 amide bonds. The number of aromatic nitrogens is 3. The number of rotatable bonds is 6. The van der Waals surface area contributed by atoms with Gasteiger partial charge in [0.15, 0.2) is 35.7 Å². The lowest BCUT2D eigenvalue weighted by molar-refractivity contribution is -0.686. The Balaban J connectivity index is 1.18. The van der Waals surface area contributed by atoms with Crippen LogP contribution in [0, 0.1) is 5.82 Å². The Hall–Kier alpha value is -5.11. The minimum atomic E-state index is -0.254. The maximum atomic E-state index is 13.6. The second-order valence-corrected chi connectivity index (χ2v) is 10.6. The smallest absolute Gasteiger partial charge is 0.231 e. The molecule has 0 atom stereocenters. The number of imidazole rings is 1. The van der Waals surface area contributed by atoms with E-state index in [0.717, 1.165) is 68.9 Å². The van der Waals surface area contributed by atoms with Crippen LogP contribution in [0.4, 0.5) is 4.39 Å². The van der Waals surface area contributed by atoms with Gasteiger partial charge in [-0.2, -0.15) is 4.57 Å². The Bertz CT molecular complexity index is 2000. The maximum Gasteiger partial charge on any atom is 0.231 e. The minimum Gasteiger partial charge on any atom is -0.493 e. The molecule has 2 aliphatic rings. The number of fused-ring (bicyclic) bond motifs is 6. The van der Waals surface area contributed by atoms with Gasteiger partial charge in [0, 0.05) is 19.0 Å². The van der Waals surface area contributed by atoms with Crippen LogP contribution < -0.4 is 23.5 Å². The number of ether oxygens (including phenoxy) is 4. The van der Waals surface area contributed by atoms with E-state index in [2.05, 4.69) is 39.6 Å². The van der Waals surface area contributed by atoms with Gasteiger partial charge in [0.2, 0.25) is 12.5 Å². The van der Waals surface area contributed by atoms with Gasteiger partial charge in [-0.3, -0.25) is 0 Å². The van der Waals surface area contributed by atoms with E-state index < -0.39 is 0 Å². The predicted octanol–water partition coefficient (Wildman–Crippen LogP) is 6.20. The van der Waals surface area contributed by atoms with Gasteiger partial charge < -0.3 is 23.5 Å². The van der Waals surface area contributed by atoms with Crippen molar-refractivity contribution < 1.29 is 27.9 Å². The van der Waals surface area contributed by atoms with Crippen molar-refractivity contribution in [3.8, 4) is 34.3 Å². The highest BCUT2D eigenvalue weighted by Crippen LogP contribution is 2.42. The van der Waals surface area contributed by atoms with Crippen LogP contribution >= 0.6 is 0 Å². The zero-order chi connectivity index (χ0) is 28.2. The number of benzene rings is 4. The van der Waals surface area contributed by atoms with Crippen molar-refractivity contribution in [1.29, 1.82) is 0 Å². The van der Waals surface area contributed by atoms with Crippen LogP contribution in [0.2, 0.25) is 0 Å². The van der Waals surface area contributed by atoms with Crippen LogP contribution in [0.25, 0.3) is 33.1 Å². The van der Waals surface area contributed by atoms with E-state index >= 15 is 0 Å². The Morgan fingerprint density at radius 2 is 1.81 bits per heavy atom. The summed E-state index contributed by atoms with van der Waals surface area (Å²) in [5.41, 5.74) is 6.39. The molecule has 0 aliphatic carbocycles. The minimum absolute atomic E-state index is 0.236. The van der Waals surface area contributed by atoms with Crippen LogP contribution in [0.1, 0.15) is 17.0 Å². The van der Waals surface area contributed by atoms with Crippen molar-refractivity contribution in [2.75, 3.05) is 13.9 Å². The number of nitrogens with zero attached hydrogens (tertiary/aromatic N) is 3. The van der Waals surface area contributed by atoms with Crippen molar-refractivity contribution in [3.05, 3.63) is 108 Å². The molecule has 0 spiro atoms. The van der Waals surface area contributed by atoms with Gasteiger partial charge in [0.1, 0.15) is 18.2 Å². The highest BCUT2D eigenvalue weighted by molar-refractivity contribution is 5.91. The lowest BCUT2D eigenvalue weighted by atomic mass is 9.95. The molecule has 8 heteroatoms. The molecule has 0 bridgehead atoms. The third-order valence-corrected chi connectivity index (χ3v) is 8.13. The molecule has 2 aliphatic heterocycles. The average molecular weight is 561 g/mol. The predicted molar refractivity (Wildman–Crippen MR) is 156 cm³/mol. The normalized spacial score (nSPS) is 13.3. The summed E-state index contributed by atoms with van der Waals surface area (Å²) in [6.45, 7) is 1.88. The molecule has 208 valence electrons. The van der Waals surface area contributed by atoms with Crippen LogP contribution in [0.15, 0.2) is 85.1 Å². The Morgan fingerprint density at radius 3 is 2.67 bits per heavy atom. The van der Waals surface area contributed by atoms with Crippen LogP contribution in [0.3, 0.4) is 0 Å². The number of methoxy groups -OCH3 is 1. The fraction of sp³-hybridized carbons (Fsp3) is 0.176. The molecule has 4 heterocycles. The van der Waals surface area contributed by atoms with Gasteiger partial charge >= 0.3 is 0 Å². The number of pyridine rings is 1.